The molecule has 0 saturated heterocycles. The molecule has 0 radical (unpaired) electrons. The first kappa shape index (κ1) is 17.0. The van der Waals surface area contributed by atoms with Crippen LogP contribution in [0.15, 0.2) is 48.5 Å². The molecule has 0 aliphatic rings. The van der Waals surface area contributed by atoms with Gasteiger partial charge in [0.15, 0.2) is 0 Å². The largest absolute Gasteiger partial charge is 0.478 e. The molecule has 0 fully saturated rings. The summed E-state index contributed by atoms with van der Waals surface area (Å²) in [6, 6.07) is 14.0. The third-order valence-corrected chi connectivity index (χ3v) is 4.81. The summed E-state index contributed by atoms with van der Waals surface area (Å²) in [5, 5.41) is 9.02. The van der Waals surface area contributed by atoms with E-state index >= 15 is 0 Å². The number of aromatic carboxylic acids is 1. The third kappa shape index (κ3) is 4.82. The number of para-hydroxylation sites is 1. The highest BCUT2D eigenvalue weighted by Crippen LogP contribution is 2.19. The molecule has 0 spiro atoms. The average molecular weight is 333 g/mol. The van der Waals surface area contributed by atoms with Crippen molar-refractivity contribution in [3.8, 4) is 0 Å². The number of aryl methyl sites for hydroxylation is 2. The molecular weight excluding hydrogens is 314 g/mol. The maximum absolute atomic E-state index is 11.7. The highest BCUT2D eigenvalue weighted by molar-refractivity contribution is 7.92. The number of carboxylic acid groups (broad SMARTS) is 1. The minimum Gasteiger partial charge on any atom is -0.478 e. The zero-order valence-corrected chi connectivity index (χ0v) is 13.6. The van der Waals surface area contributed by atoms with Crippen LogP contribution < -0.4 is 4.72 Å². The van der Waals surface area contributed by atoms with Gasteiger partial charge in [-0.1, -0.05) is 30.3 Å². The van der Waals surface area contributed by atoms with Gasteiger partial charge in [0.1, 0.15) is 0 Å². The summed E-state index contributed by atoms with van der Waals surface area (Å²) in [5.74, 6) is -0.940. The standard InChI is InChI=1S/C17H19NO4S/c1-2-23(21,22)18-16-9-4-3-7-14(16)11-10-13-6-5-8-15(12-13)17(19)20/h3-9,12,18H,2,10-11H2,1H3,(H,19,20). The van der Waals surface area contributed by atoms with Gasteiger partial charge in [-0.25, -0.2) is 13.2 Å². The first-order chi connectivity index (χ1) is 10.9. The Hall–Kier alpha value is -2.34. The van der Waals surface area contributed by atoms with Crippen LogP contribution in [0.5, 0.6) is 0 Å². The lowest BCUT2D eigenvalue weighted by Crippen LogP contribution is -2.15. The van der Waals surface area contributed by atoms with Crippen LogP contribution in [0.2, 0.25) is 0 Å². The fourth-order valence-electron chi connectivity index (χ4n) is 2.22. The van der Waals surface area contributed by atoms with Gasteiger partial charge >= 0.3 is 5.97 Å². The van der Waals surface area contributed by atoms with Crippen molar-refractivity contribution < 1.29 is 18.3 Å². The smallest absolute Gasteiger partial charge is 0.335 e. The second-order valence-corrected chi connectivity index (χ2v) is 7.18. The van der Waals surface area contributed by atoms with E-state index in [1.54, 1.807) is 37.3 Å². The second kappa shape index (κ2) is 7.28. The number of rotatable bonds is 7. The summed E-state index contributed by atoms with van der Waals surface area (Å²) in [5.41, 5.74) is 2.61. The number of nitrogens with one attached hydrogen (secondary N) is 1. The molecule has 2 N–H and O–H groups in total. The zero-order valence-electron chi connectivity index (χ0n) is 12.8. The fraction of sp³-hybridized carbons (Fsp3) is 0.235. The molecule has 6 heteroatoms. The van der Waals surface area contributed by atoms with E-state index in [-0.39, 0.29) is 11.3 Å². The quantitative estimate of drug-likeness (QED) is 0.816. The lowest BCUT2D eigenvalue weighted by atomic mass is 10.0. The Labute approximate surface area is 136 Å². The van der Waals surface area contributed by atoms with E-state index in [9.17, 15) is 13.2 Å². The van der Waals surface area contributed by atoms with Crippen molar-refractivity contribution in [1.29, 1.82) is 0 Å². The number of hydrogen-bond donors (Lipinski definition) is 2. The normalized spacial score (nSPS) is 11.2. The Kier molecular flexibility index (Phi) is 5.39. The molecular formula is C17H19NO4S. The number of carboxylic acids is 1. The minimum atomic E-state index is -3.32. The third-order valence-electron chi connectivity index (χ3n) is 3.52. The molecule has 0 aromatic heterocycles. The van der Waals surface area contributed by atoms with Crippen molar-refractivity contribution in [3.05, 3.63) is 65.2 Å². The molecule has 0 heterocycles. The highest BCUT2D eigenvalue weighted by atomic mass is 32.2. The number of hydrogen-bond acceptors (Lipinski definition) is 3. The molecule has 0 aliphatic heterocycles. The van der Waals surface area contributed by atoms with E-state index < -0.39 is 16.0 Å². The van der Waals surface area contributed by atoms with Crippen LogP contribution in [0.4, 0.5) is 5.69 Å². The van der Waals surface area contributed by atoms with E-state index in [1.807, 2.05) is 18.2 Å². The van der Waals surface area contributed by atoms with Gasteiger partial charge in [-0.3, -0.25) is 4.72 Å². The fourth-order valence-corrected chi connectivity index (χ4v) is 2.89. The van der Waals surface area contributed by atoms with Gasteiger partial charge in [0.2, 0.25) is 10.0 Å². The molecule has 0 atom stereocenters. The summed E-state index contributed by atoms with van der Waals surface area (Å²) in [4.78, 5) is 11.0. The predicted octanol–water partition coefficient (Wildman–Crippen LogP) is 2.93. The highest BCUT2D eigenvalue weighted by Gasteiger charge is 2.10. The van der Waals surface area contributed by atoms with Crippen LogP contribution in [0.3, 0.4) is 0 Å². The number of benzene rings is 2. The Morgan fingerprint density at radius 2 is 1.83 bits per heavy atom. The molecule has 2 aromatic rings. The second-order valence-electron chi connectivity index (χ2n) is 5.17. The van der Waals surface area contributed by atoms with E-state index in [0.29, 0.717) is 18.5 Å². The topological polar surface area (TPSA) is 83.5 Å². The van der Waals surface area contributed by atoms with Crippen molar-refractivity contribution in [2.75, 3.05) is 10.5 Å². The van der Waals surface area contributed by atoms with E-state index in [1.165, 1.54) is 0 Å². The van der Waals surface area contributed by atoms with Gasteiger partial charge in [0.25, 0.3) is 0 Å². The van der Waals surface area contributed by atoms with Crippen LogP contribution in [0.1, 0.15) is 28.4 Å². The van der Waals surface area contributed by atoms with E-state index in [4.69, 9.17) is 5.11 Å². The molecule has 0 unspecified atom stereocenters. The molecule has 0 aliphatic carbocycles. The van der Waals surface area contributed by atoms with Gasteiger partial charge in [0, 0.05) is 0 Å². The van der Waals surface area contributed by atoms with Crippen molar-refractivity contribution in [1.82, 2.24) is 0 Å². The van der Waals surface area contributed by atoms with Crippen LogP contribution in [-0.2, 0) is 22.9 Å². The van der Waals surface area contributed by atoms with Gasteiger partial charge in [-0.15, -0.1) is 0 Å². The Morgan fingerprint density at radius 3 is 2.52 bits per heavy atom. The van der Waals surface area contributed by atoms with Crippen molar-refractivity contribution in [3.63, 3.8) is 0 Å². The Balaban J connectivity index is 2.15. The van der Waals surface area contributed by atoms with Crippen LogP contribution >= 0.6 is 0 Å². The summed E-state index contributed by atoms with van der Waals surface area (Å²) in [7, 11) is -3.32. The maximum atomic E-state index is 11.7. The molecule has 0 amide bonds. The Morgan fingerprint density at radius 1 is 1.09 bits per heavy atom. The van der Waals surface area contributed by atoms with Gasteiger partial charge in [0.05, 0.1) is 17.0 Å². The molecule has 122 valence electrons. The minimum absolute atomic E-state index is 0.0159. The average Bonchev–Trinajstić information content (AvgIpc) is 2.54. The van der Waals surface area contributed by atoms with Crippen molar-refractivity contribution in [2.45, 2.75) is 19.8 Å². The van der Waals surface area contributed by atoms with Gasteiger partial charge in [-0.05, 0) is 49.1 Å². The Bertz CT molecular complexity index is 800. The van der Waals surface area contributed by atoms with E-state index in [0.717, 1.165) is 11.1 Å². The lowest BCUT2D eigenvalue weighted by Gasteiger charge is -2.12. The first-order valence-corrected chi connectivity index (χ1v) is 8.97. The SMILES string of the molecule is CCS(=O)(=O)Nc1ccccc1CCc1cccc(C(=O)O)c1. The number of anilines is 1. The molecule has 2 aromatic carbocycles. The van der Waals surface area contributed by atoms with Crippen molar-refractivity contribution >= 4 is 21.7 Å². The predicted molar refractivity (Wildman–Crippen MR) is 90.3 cm³/mol. The first-order valence-electron chi connectivity index (χ1n) is 7.32. The molecule has 0 bridgehead atoms. The summed E-state index contributed by atoms with van der Waals surface area (Å²) < 4.78 is 26.1. The molecule has 5 nitrogen and oxygen atoms in total. The van der Waals surface area contributed by atoms with Crippen molar-refractivity contribution in [2.24, 2.45) is 0 Å². The maximum Gasteiger partial charge on any atom is 0.335 e. The number of sulfonamides is 1. The van der Waals surface area contributed by atoms with Crippen LogP contribution in [-0.4, -0.2) is 25.2 Å². The molecule has 23 heavy (non-hydrogen) atoms. The van der Waals surface area contributed by atoms with Gasteiger partial charge in [-0.2, -0.15) is 0 Å². The van der Waals surface area contributed by atoms with Gasteiger partial charge < -0.3 is 5.11 Å². The monoisotopic (exact) mass is 333 g/mol. The van der Waals surface area contributed by atoms with Crippen LogP contribution in [0.25, 0.3) is 0 Å². The summed E-state index contributed by atoms with van der Waals surface area (Å²) >= 11 is 0. The van der Waals surface area contributed by atoms with E-state index in [2.05, 4.69) is 4.72 Å². The molecule has 2 rings (SSSR count). The summed E-state index contributed by atoms with van der Waals surface area (Å²) in [6.07, 6.45) is 1.25. The molecule has 0 saturated carbocycles. The summed E-state index contributed by atoms with van der Waals surface area (Å²) in [6.45, 7) is 1.59. The zero-order chi connectivity index (χ0) is 16.9. The lowest BCUT2D eigenvalue weighted by molar-refractivity contribution is 0.0696. The van der Waals surface area contributed by atoms with Crippen LogP contribution in [0, 0.1) is 0 Å². The number of carbonyl (C=O) groups is 1.